The van der Waals surface area contributed by atoms with E-state index in [0.717, 1.165) is 45.0 Å². The highest BCUT2D eigenvalue weighted by molar-refractivity contribution is 6.10. The molecule has 0 atom stereocenters. The molecular formula is C73H84N4O. The standard InChI is InChI=1S/C73H84N4O/c1-46(2)59-25-22-26-60(47(3)4)68(59)48-35-55(75-45-76(66-41-50(69(5,6)7)27-32-64(66)75)56-38-53(71(11,12)13)37-54(39-56)72(14,15)16)43-58(36-48)78-57-29-30-61-62-40-52(73(17,18)49-23-20-19-21-24-49)28-31-63(62)77(65(61)44-57)67-42-51(33-34-74-67)70(8,9)10/h19-44,46-47H,45H2,1-18H3. The molecule has 5 nitrogen and oxygen atoms in total. The van der Waals surface area contributed by atoms with Gasteiger partial charge in [0.15, 0.2) is 0 Å². The maximum absolute atomic E-state index is 7.35. The first-order chi connectivity index (χ1) is 36.6. The zero-order chi connectivity index (χ0) is 56.0. The second-order valence-corrected chi connectivity index (χ2v) is 27.5. The number of pyridine rings is 1. The molecule has 1 aliphatic heterocycles. The molecular weight excluding hydrogens is 949 g/mol. The van der Waals surface area contributed by atoms with Crippen molar-refractivity contribution < 1.29 is 4.74 Å². The molecule has 0 fully saturated rings. The van der Waals surface area contributed by atoms with Crippen LogP contribution in [-0.2, 0) is 27.1 Å². The van der Waals surface area contributed by atoms with Crippen LogP contribution < -0.4 is 14.5 Å². The molecule has 7 aromatic carbocycles. The summed E-state index contributed by atoms with van der Waals surface area (Å²) in [7, 11) is 0. The Morgan fingerprint density at radius 2 is 1.01 bits per heavy atom. The van der Waals surface area contributed by atoms with Gasteiger partial charge in [0.25, 0.3) is 0 Å². The van der Waals surface area contributed by atoms with Crippen molar-refractivity contribution in [1.82, 2.24) is 9.55 Å². The second-order valence-electron chi connectivity index (χ2n) is 27.5. The van der Waals surface area contributed by atoms with Crippen molar-refractivity contribution in [3.05, 3.63) is 202 Å². The van der Waals surface area contributed by atoms with E-state index in [1.165, 1.54) is 72.5 Å². The van der Waals surface area contributed by atoms with Gasteiger partial charge in [-0.25, -0.2) is 4.98 Å². The van der Waals surface area contributed by atoms with Gasteiger partial charge in [-0.2, -0.15) is 0 Å². The lowest BCUT2D eigenvalue weighted by Gasteiger charge is -2.30. The van der Waals surface area contributed by atoms with Crippen LogP contribution in [0.5, 0.6) is 11.5 Å². The fourth-order valence-electron chi connectivity index (χ4n) is 11.5. The number of hydrogen-bond acceptors (Lipinski definition) is 4. The Hall–Kier alpha value is -7.11. The van der Waals surface area contributed by atoms with Crippen molar-refractivity contribution in [3.63, 3.8) is 0 Å². The summed E-state index contributed by atoms with van der Waals surface area (Å²) >= 11 is 0. The topological polar surface area (TPSA) is 33.5 Å². The van der Waals surface area contributed by atoms with Crippen molar-refractivity contribution >= 4 is 44.6 Å². The van der Waals surface area contributed by atoms with Crippen LogP contribution in [0.1, 0.15) is 181 Å². The Kier molecular flexibility index (Phi) is 13.7. The Bertz CT molecular complexity index is 3650. The van der Waals surface area contributed by atoms with Gasteiger partial charge in [-0.3, -0.25) is 4.57 Å². The van der Waals surface area contributed by atoms with E-state index in [0.29, 0.717) is 18.5 Å². The van der Waals surface area contributed by atoms with Gasteiger partial charge in [0.1, 0.15) is 24.0 Å². The van der Waals surface area contributed by atoms with Gasteiger partial charge in [0.2, 0.25) is 0 Å². The second kappa shape index (κ2) is 19.7. The van der Waals surface area contributed by atoms with E-state index in [1.54, 1.807) is 0 Å². The summed E-state index contributed by atoms with van der Waals surface area (Å²) in [6.45, 7) is 42.3. The molecule has 0 aliphatic carbocycles. The van der Waals surface area contributed by atoms with Crippen LogP contribution in [0.15, 0.2) is 158 Å². The molecule has 0 saturated heterocycles. The summed E-state index contributed by atoms with van der Waals surface area (Å²) in [5.74, 6) is 3.06. The van der Waals surface area contributed by atoms with Gasteiger partial charge in [0, 0.05) is 45.9 Å². The number of nitrogens with zero attached hydrogens (tertiary/aromatic N) is 4. The number of hydrogen-bond donors (Lipinski definition) is 0. The van der Waals surface area contributed by atoms with Crippen LogP contribution in [0.4, 0.5) is 22.7 Å². The van der Waals surface area contributed by atoms with Gasteiger partial charge in [0.05, 0.1) is 22.4 Å². The van der Waals surface area contributed by atoms with Crippen LogP contribution in [0.2, 0.25) is 0 Å². The third kappa shape index (κ3) is 10.3. The maximum Gasteiger partial charge on any atom is 0.137 e. The smallest absolute Gasteiger partial charge is 0.137 e. The zero-order valence-corrected chi connectivity index (χ0v) is 50.1. The van der Waals surface area contributed by atoms with E-state index < -0.39 is 0 Å². The summed E-state index contributed by atoms with van der Waals surface area (Å²) in [6.07, 6.45) is 1.96. The minimum atomic E-state index is -0.211. The molecule has 9 aromatic rings. The lowest BCUT2D eigenvalue weighted by atomic mass is 9.78. The summed E-state index contributed by atoms with van der Waals surface area (Å²) < 4.78 is 9.68. The molecule has 78 heavy (non-hydrogen) atoms. The minimum absolute atomic E-state index is 0.0312. The summed E-state index contributed by atoms with van der Waals surface area (Å²) in [5.41, 5.74) is 19.3. The maximum atomic E-state index is 7.35. The molecule has 2 aromatic heterocycles. The predicted octanol–water partition coefficient (Wildman–Crippen LogP) is 20.6. The van der Waals surface area contributed by atoms with E-state index in [-0.39, 0.29) is 27.1 Å². The zero-order valence-electron chi connectivity index (χ0n) is 50.1. The average Bonchev–Trinajstić information content (AvgIpc) is 3.99. The Labute approximate surface area is 467 Å². The van der Waals surface area contributed by atoms with Crippen molar-refractivity contribution in [1.29, 1.82) is 0 Å². The monoisotopic (exact) mass is 1030 g/mol. The molecule has 0 unspecified atom stereocenters. The first-order valence-electron chi connectivity index (χ1n) is 28.5. The highest BCUT2D eigenvalue weighted by Crippen LogP contribution is 2.50. The first kappa shape index (κ1) is 54.3. The van der Waals surface area contributed by atoms with E-state index in [9.17, 15) is 0 Å². The Morgan fingerprint density at radius 1 is 0.423 bits per heavy atom. The van der Waals surface area contributed by atoms with Crippen LogP contribution in [0.3, 0.4) is 0 Å². The fraction of sp³-hybridized carbons (Fsp3) is 0.356. The van der Waals surface area contributed by atoms with E-state index in [1.807, 2.05) is 6.20 Å². The highest BCUT2D eigenvalue weighted by Gasteiger charge is 2.33. The molecule has 0 saturated carbocycles. The molecule has 0 amide bonds. The molecule has 402 valence electrons. The third-order valence-corrected chi connectivity index (χ3v) is 16.6. The number of anilines is 4. The molecule has 1 aliphatic rings. The average molecular weight is 1030 g/mol. The highest BCUT2D eigenvalue weighted by atomic mass is 16.5. The molecule has 10 rings (SSSR count). The molecule has 3 heterocycles. The van der Waals surface area contributed by atoms with Crippen LogP contribution in [0.25, 0.3) is 38.8 Å². The van der Waals surface area contributed by atoms with Gasteiger partial charge in [-0.05, 0) is 162 Å². The lowest BCUT2D eigenvalue weighted by molar-refractivity contribution is 0.483. The largest absolute Gasteiger partial charge is 0.457 e. The van der Waals surface area contributed by atoms with E-state index in [4.69, 9.17) is 9.72 Å². The van der Waals surface area contributed by atoms with E-state index >= 15 is 0 Å². The predicted molar refractivity (Wildman–Crippen MR) is 334 cm³/mol. The summed E-state index contributed by atoms with van der Waals surface area (Å²) in [4.78, 5) is 10.1. The van der Waals surface area contributed by atoms with Gasteiger partial charge < -0.3 is 14.5 Å². The Morgan fingerprint density at radius 3 is 1.63 bits per heavy atom. The quantitative estimate of drug-likeness (QED) is 0.137. The number of benzene rings is 7. The fourth-order valence-corrected chi connectivity index (χ4v) is 11.5. The van der Waals surface area contributed by atoms with Crippen molar-refractivity contribution in [2.45, 2.75) is 164 Å². The molecule has 0 radical (unpaired) electrons. The van der Waals surface area contributed by atoms with Crippen LogP contribution in [-0.4, -0.2) is 16.2 Å². The number of aromatic nitrogens is 2. The number of fused-ring (bicyclic) bond motifs is 4. The molecule has 0 bridgehead atoms. The lowest BCUT2D eigenvalue weighted by Crippen LogP contribution is -2.25. The molecule has 0 N–H and O–H groups in total. The number of rotatable bonds is 10. The molecule has 0 spiro atoms. The SMILES string of the molecule is CC(C)c1cccc(C(C)C)c1-c1cc(Oc2ccc3c4cc(C(C)(C)c5ccccc5)ccc4n(-c4cc(C(C)(C)C)ccn4)c3c2)cc(N2CN(c3cc(C(C)(C)C)cc(C(C)(C)C)c3)c3cc(C(C)(C)C)ccc32)c1. The summed E-state index contributed by atoms with van der Waals surface area (Å²) in [5, 5.41) is 2.34. The normalized spacial score (nSPS) is 13.6. The molecule has 5 heteroatoms. The first-order valence-corrected chi connectivity index (χ1v) is 28.5. The van der Waals surface area contributed by atoms with Crippen molar-refractivity contribution in [2.24, 2.45) is 0 Å². The van der Waals surface area contributed by atoms with Crippen LogP contribution >= 0.6 is 0 Å². The number of ether oxygens (including phenoxy) is 1. The van der Waals surface area contributed by atoms with Crippen LogP contribution in [0, 0.1) is 0 Å². The van der Waals surface area contributed by atoms with Crippen molar-refractivity contribution in [3.8, 4) is 28.4 Å². The minimum Gasteiger partial charge on any atom is -0.457 e. The summed E-state index contributed by atoms with van der Waals surface area (Å²) in [6, 6.07) is 57.1. The van der Waals surface area contributed by atoms with Gasteiger partial charge >= 0.3 is 0 Å². The Balaban J connectivity index is 1.18. The van der Waals surface area contributed by atoms with Gasteiger partial charge in [-0.15, -0.1) is 0 Å². The van der Waals surface area contributed by atoms with E-state index in [2.05, 4.69) is 291 Å². The van der Waals surface area contributed by atoms with Crippen molar-refractivity contribution in [2.75, 3.05) is 16.5 Å². The van der Waals surface area contributed by atoms with Gasteiger partial charge in [-0.1, -0.05) is 191 Å². The third-order valence-electron chi connectivity index (χ3n) is 16.6.